The Bertz CT molecular complexity index is 901. The summed E-state index contributed by atoms with van der Waals surface area (Å²) in [7, 11) is 1.61. The molecule has 8 heteroatoms. The molecular formula is C25H31N3O5. The Morgan fingerprint density at radius 1 is 1.00 bits per heavy atom. The van der Waals surface area contributed by atoms with Crippen LogP contribution >= 0.6 is 0 Å². The van der Waals surface area contributed by atoms with E-state index < -0.39 is 18.0 Å². The van der Waals surface area contributed by atoms with Crippen LogP contribution in [-0.4, -0.2) is 73.6 Å². The van der Waals surface area contributed by atoms with Crippen LogP contribution in [0, 0.1) is 0 Å². The van der Waals surface area contributed by atoms with E-state index in [1.54, 1.807) is 11.9 Å². The normalized spacial score (nSPS) is 14.3. The molecule has 1 aliphatic heterocycles. The van der Waals surface area contributed by atoms with Gasteiger partial charge in [0.05, 0.1) is 13.2 Å². The molecule has 0 radical (unpaired) electrons. The number of benzene rings is 2. The minimum atomic E-state index is -0.846. The van der Waals surface area contributed by atoms with Gasteiger partial charge in [0.25, 0.3) is 0 Å². The maximum absolute atomic E-state index is 12.8. The summed E-state index contributed by atoms with van der Waals surface area (Å²) in [5.41, 5.74) is 1.78. The predicted molar refractivity (Wildman–Crippen MR) is 123 cm³/mol. The first-order valence-corrected chi connectivity index (χ1v) is 11.1. The van der Waals surface area contributed by atoms with Crippen LogP contribution in [0.15, 0.2) is 60.7 Å². The molecule has 0 aromatic heterocycles. The van der Waals surface area contributed by atoms with E-state index in [2.05, 4.69) is 5.32 Å². The van der Waals surface area contributed by atoms with Gasteiger partial charge in [0.1, 0.15) is 12.6 Å². The highest BCUT2D eigenvalue weighted by molar-refractivity contribution is 5.84. The number of rotatable bonds is 9. The molecule has 176 valence electrons. The number of ether oxygens (including phenoxy) is 2. The van der Waals surface area contributed by atoms with Crippen LogP contribution in [-0.2, 0) is 32.1 Å². The summed E-state index contributed by atoms with van der Waals surface area (Å²) < 4.78 is 10.7. The minimum Gasteiger partial charge on any atom is -0.459 e. The summed E-state index contributed by atoms with van der Waals surface area (Å²) >= 11 is 0. The zero-order chi connectivity index (χ0) is 23.5. The molecule has 1 N–H and O–H groups in total. The molecular weight excluding hydrogens is 422 g/mol. The third-order valence-electron chi connectivity index (χ3n) is 5.46. The maximum atomic E-state index is 12.8. The smallest absolute Gasteiger partial charge is 0.329 e. The standard InChI is InChI=1S/C25H31N3O5/c1-27(13-12-23(29)28-14-16-32-17-15-28)25(31)26-22(18-20-8-4-2-5-9-20)24(30)33-19-21-10-6-3-7-11-21/h2-11,22H,12-19H2,1H3,(H,26,31)/t22-/m0/s1. The molecule has 2 aromatic rings. The fourth-order valence-electron chi connectivity index (χ4n) is 3.47. The fraction of sp³-hybridized carbons (Fsp3) is 0.400. The average Bonchev–Trinajstić information content (AvgIpc) is 2.86. The number of urea groups is 1. The zero-order valence-corrected chi connectivity index (χ0v) is 18.9. The van der Waals surface area contributed by atoms with Gasteiger partial charge in [-0.3, -0.25) is 4.79 Å². The van der Waals surface area contributed by atoms with Crippen LogP contribution in [0.3, 0.4) is 0 Å². The Morgan fingerprint density at radius 2 is 1.61 bits per heavy atom. The molecule has 1 atom stereocenters. The van der Waals surface area contributed by atoms with E-state index in [1.807, 2.05) is 60.7 Å². The number of esters is 1. The lowest BCUT2D eigenvalue weighted by Gasteiger charge is -2.28. The van der Waals surface area contributed by atoms with Crippen molar-refractivity contribution in [3.8, 4) is 0 Å². The van der Waals surface area contributed by atoms with Crippen molar-refractivity contribution in [3.05, 3.63) is 71.8 Å². The van der Waals surface area contributed by atoms with Crippen LogP contribution < -0.4 is 5.32 Å². The largest absolute Gasteiger partial charge is 0.459 e. The summed E-state index contributed by atoms with van der Waals surface area (Å²) in [6.45, 7) is 2.59. The fourth-order valence-corrected chi connectivity index (χ4v) is 3.47. The number of morpholine rings is 1. The van der Waals surface area contributed by atoms with Crippen LogP contribution in [0.1, 0.15) is 17.5 Å². The zero-order valence-electron chi connectivity index (χ0n) is 18.9. The van der Waals surface area contributed by atoms with Gasteiger partial charge in [-0.05, 0) is 11.1 Å². The van der Waals surface area contributed by atoms with Gasteiger partial charge in [0.2, 0.25) is 5.91 Å². The number of amides is 3. The summed E-state index contributed by atoms with van der Waals surface area (Å²) in [4.78, 5) is 41.1. The van der Waals surface area contributed by atoms with E-state index >= 15 is 0 Å². The third-order valence-corrected chi connectivity index (χ3v) is 5.46. The van der Waals surface area contributed by atoms with E-state index in [1.165, 1.54) is 4.90 Å². The van der Waals surface area contributed by atoms with Crippen LogP contribution in [0.5, 0.6) is 0 Å². The van der Waals surface area contributed by atoms with Gasteiger partial charge in [-0.2, -0.15) is 0 Å². The first-order valence-electron chi connectivity index (χ1n) is 11.1. The quantitative estimate of drug-likeness (QED) is 0.589. The van der Waals surface area contributed by atoms with Crippen LogP contribution in [0.2, 0.25) is 0 Å². The molecule has 33 heavy (non-hydrogen) atoms. The van der Waals surface area contributed by atoms with Gasteiger partial charge in [-0.1, -0.05) is 60.7 Å². The van der Waals surface area contributed by atoms with E-state index in [0.717, 1.165) is 11.1 Å². The molecule has 8 nitrogen and oxygen atoms in total. The van der Waals surface area contributed by atoms with Gasteiger partial charge < -0.3 is 24.6 Å². The van der Waals surface area contributed by atoms with Crippen molar-refractivity contribution in [2.45, 2.75) is 25.5 Å². The Kier molecular flexibility index (Phi) is 9.26. The monoisotopic (exact) mass is 453 g/mol. The molecule has 0 spiro atoms. The second-order valence-electron chi connectivity index (χ2n) is 7.95. The van der Waals surface area contributed by atoms with Crippen LogP contribution in [0.4, 0.5) is 4.79 Å². The highest BCUT2D eigenvalue weighted by Crippen LogP contribution is 2.08. The number of carbonyl (C=O) groups excluding carboxylic acids is 3. The van der Waals surface area contributed by atoms with Gasteiger partial charge in [-0.25, -0.2) is 9.59 Å². The van der Waals surface area contributed by atoms with E-state index in [0.29, 0.717) is 32.7 Å². The molecule has 1 aliphatic rings. The number of hydrogen-bond donors (Lipinski definition) is 1. The lowest BCUT2D eigenvalue weighted by molar-refractivity contribution is -0.147. The lowest BCUT2D eigenvalue weighted by Crippen LogP contribution is -2.49. The van der Waals surface area contributed by atoms with Crippen molar-refractivity contribution in [3.63, 3.8) is 0 Å². The molecule has 1 heterocycles. The first kappa shape index (κ1) is 24.3. The molecule has 1 saturated heterocycles. The Labute approximate surface area is 194 Å². The second-order valence-corrected chi connectivity index (χ2v) is 7.95. The van der Waals surface area contributed by atoms with E-state index in [4.69, 9.17) is 9.47 Å². The first-order chi connectivity index (χ1) is 16.0. The Balaban J connectivity index is 1.56. The van der Waals surface area contributed by atoms with E-state index in [-0.39, 0.29) is 25.5 Å². The van der Waals surface area contributed by atoms with Gasteiger partial charge in [0.15, 0.2) is 0 Å². The molecule has 2 aromatic carbocycles. The molecule has 0 aliphatic carbocycles. The molecule has 3 amide bonds. The molecule has 0 unspecified atom stereocenters. The topological polar surface area (TPSA) is 88.2 Å². The average molecular weight is 454 g/mol. The molecule has 1 fully saturated rings. The number of carbonyl (C=O) groups is 3. The predicted octanol–water partition coefficient (Wildman–Crippen LogP) is 2.23. The van der Waals surface area contributed by atoms with Crippen molar-refractivity contribution < 1.29 is 23.9 Å². The van der Waals surface area contributed by atoms with Crippen molar-refractivity contribution in [1.82, 2.24) is 15.1 Å². The van der Waals surface area contributed by atoms with Crippen LogP contribution in [0.25, 0.3) is 0 Å². The van der Waals surface area contributed by atoms with Crippen molar-refractivity contribution >= 4 is 17.9 Å². The number of hydrogen-bond acceptors (Lipinski definition) is 5. The second kappa shape index (κ2) is 12.6. The highest BCUT2D eigenvalue weighted by atomic mass is 16.5. The maximum Gasteiger partial charge on any atom is 0.329 e. The highest BCUT2D eigenvalue weighted by Gasteiger charge is 2.25. The summed E-state index contributed by atoms with van der Waals surface area (Å²) in [6, 6.07) is 17.6. The molecule has 0 bridgehead atoms. The summed E-state index contributed by atoms with van der Waals surface area (Å²) in [6.07, 6.45) is 0.520. The molecule has 3 rings (SSSR count). The van der Waals surface area contributed by atoms with E-state index in [9.17, 15) is 14.4 Å². The van der Waals surface area contributed by atoms with Crippen molar-refractivity contribution in [1.29, 1.82) is 0 Å². The number of nitrogens with zero attached hydrogens (tertiary/aromatic N) is 2. The van der Waals surface area contributed by atoms with Gasteiger partial charge in [0, 0.05) is 39.5 Å². The summed E-state index contributed by atoms with van der Waals surface area (Å²) in [5.74, 6) is -0.519. The minimum absolute atomic E-state index is 0.0129. The van der Waals surface area contributed by atoms with Gasteiger partial charge in [-0.15, -0.1) is 0 Å². The number of nitrogens with one attached hydrogen (secondary N) is 1. The molecule has 0 saturated carbocycles. The Hall–Kier alpha value is -3.39. The van der Waals surface area contributed by atoms with Gasteiger partial charge >= 0.3 is 12.0 Å². The summed E-state index contributed by atoms with van der Waals surface area (Å²) in [5, 5.41) is 2.77. The van der Waals surface area contributed by atoms with Crippen molar-refractivity contribution in [2.24, 2.45) is 0 Å². The lowest BCUT2D eigenvalue weighted by atomic mass is 10.1. The Morgan fingerprint density at radius 3 is 2.24 bits per heavy atom. The SMILES string of the molecule is CN(CCC(=O)N1CCOCC1)C(=O)N[C@@H](Cc1ccccc1)C(=O)OCc1ccccc1. The van der Waals surface area contributed by atoms with Crippen molar-refractivity contribution in [2.75, 3.05) is 39.9 Å². The third kappa shape index (κ3) is 7.91.